The summed E-state index contributed by atoms with van der Waals surface area (Å²) >= 11 is 0. The molecule has 3 heteroatoms. The first-order valence-electron chi connectivity index (χ1n) is 6.99. The fraction of sp³-hybridized carbons (Fsp3) is 0.600. The molecule has 2 heterocycles. The van der Waals surface area contributed by atoms with Gasteiger partial charge in [-0.25, -0.2) is 4.39 Å². The third kappa shape index (κ3) is 1.86. The second-order valence-electron chi connectivity index (χ2n) is 5.65. The molecule has 98 valence electrons. The van der Waals surface area contributed by atoms with Crippen LogP contribution in [0.1, 0.15) is 31.7 Å². The average molecular weight is 248 g/mol. The van der Waals surface area contributed by atoms with Gasteiger partial charge in [0, 0.05) is 19.1 Å². The minimum absolute atomic E-state index is 0.108. The van der Waals surface area contributed by atoms with E-state index in [1.807, 2.05) is 13.0 Å². The summed E-state index contributed by atoms with van der Waals surface area (Å²) in [5, 5.41) is 3.39. The molecule has 1 N–H and O–H groups in total. The lowest BCUT2D eigenvalue weighted by Crippen LogP contribution is -2.49. The molecule has 0 aliphatic carbocycles. The molecule has 2 atom stereocenters. The predicted molar refractivity (Wildman–Crippen MR) is 73.8 cm³/mol. The van der Waals surface area contributed by atoms with Crippen molar-refractivity contribution >= 4 is 11.4 Å². The summed E-state index contributed by atoms with van der Waals surface area (Å²) in [5.41, 5.74) is 2.90. The van der Waals surface area contributed by atoms with Crippen LogP contribution in [0.3, 0.4) is 0 Å². The highest BCUT2D eigenvalue weighted by molar-refractivity contribution is 5.74. The van der Waals surface area contributed by atoms with E-state index in [0.717, 1.165) is 30.3 Å². The predicted octanol–water partition coefficient (Wildman–Crippen LogP) is 3.55. The summed E-state index contributed by atoms with van der Waals surface area (Å²) in [4.78, 5) is 2.48. The Kier molecular flexibility index (Phi) is 2.92. The van der Waals surface area contributed by atoms with Crippen LogP contribution in [-0.4, -0.2) is 19.1 Å². The molecule has 1 saturated heterocycles. The number of aryl methyl sites for hydroxylation is 1. The zero-order valence-electron chi connectivity index (χ0n) is 11.2. The van der Waals surface area contributed by atoms with Crippen molar-refractivity contribution in [2.45, 2.75) is 39.2 Å². The van der Waals surface area contributed by atoms with Crippen LogP contribution in [0.2, 0.25) is 0 Å². The Bertz CT molecular complexity index is 458. The van der Waals surface area contributed by atoms with Gasteiger partial charge >= 0.3 is 0 Å². The van der Waals surface area contributed by atoms with E-state index < -0.39 is 0 Å². The first kappa shape index (κ1) is 11.8. The van der Waals surface area contributed by atoms with E-state index in [0.29, 0.717) is 6.04 Å². The van der Waals surface area contributed by atoms with Crippen molar-refractivity contribution in [2.24, 2.45) is 5.92 Å². The van der Waals surface area contributed by atoms with Crippen LogP contribution in [0.25, 0.3) is 0 Å². The van der Waals surface area contributed by atoms with Gasteiger partial charge in [-0.1, -0.05) is 13.3 Å². The van der Waals surface area contributed by atoms with Crippen molar-refractivity contribution in [3.05, 3.63) is 23.5 Å². The van der Waals surface area contributed by atoms with Crippen molar-refractivity contribution in [1.29, 1.82) is 0 Å². The van der Waals surface area contributed by atoms with E-state index in [4.69, 9.17) is 0 Å². The van der Waals surface area contributed by atoms with E-state index in [2.05, 4.69) is 17.1 Å². The van der Waals surface area contributed by atoms with Crippen molar-refractivity contribution in [2.75, 3.05) is 23.3 Å². The number of hydrogen-bond acceptors (Lipinski definition) is 2. The maximum absolute atomic E-state index is 13.6. The molecular formula is C15H21FN2. The minimum Gasteiger partial charge on any atom is -0.381 e. The minimum atomic E-state index is -0.108. The SMILES string of the molecule is CCC1CCN2c3cc(C)c(F)cc3NCC2C1. The summed E-state index contributed by atoms with van der Waals surface area (Å²) < 4.78 is 13.6. The molecule has 0 bridgehead atoms. The van der Waals surface area contributed by atoms with Gasteiger partial charge in [-0.3, -0.25) is 0 Å². The Morgan fingerprint density at radius 2 is 2.28 bits per heavy atom. The molecule has 2 unspecified atom stereocenters. The monoisotopic (exact) mass is 248 g/mol. The molecule has 0 aromatic heterocycles. The number of rotatable bonds is 1. The lowest BCUT2D eigenvalue weighted by atomic mass is 9.87. The first-order valence-corrected chi connectivity index (χ1v) is 6.99. The van der Waals surface area contributed by atoms with Gasteiger partial charge in [0.05, 0.1) is 11.4 Å². The number of piperidine rings is 1. The number of halogens is 1. The third-order valence-corrected chi connectivity index (χ3v) is 4.52. The van der Waals surface area contributed by atoms with Gasteiger partial charge < -0.3 is 10.2 Å². The van der Waals surface area contributed by atoms with Gasteiger partial charge in [0.1, 0.15) is 5.82 Å². The van der Waals surface area contributed by atoms with Gasteiger partial charge in [-0.05, 0) is 43.4 Å². The Morgan fingerprint density at radius 3 is 3.06 bits per heavy atom. The van der Waals surface area contributed by atoms with Crippen molar-refractivity contribution in [3.8, 4) is 0 Å². The maximum Gasteiger partial charge on any atom is 0.128 e. The van der Waals surface area contributed by atoms with Gasteiger partial charge in [-0.2, -0.15) is 0 Å². The average Bonchev–Trinajstić information content (AvgIpc) is 2.39. The molecule has 2 aliphatic heterocycles. The molecule has 18 heavy (non-hydrogen) atoms. The highest BCUT2D eigenvalue weighted by Crippen LogP contribution is 2.38. The number of fused-ring (bicyclic) bond motifs is 3. The topological polar surface area (TPSA) is 15.3 Å². The van der Waals surface area contributed by atoms with Crippen molar-refractivity contribution in [3.63, 3.8) is 0 Å². The van der Waals surface area contributed by atoms with E-state index in [9.17, 15) is 4.39 Å². The normalized spacial score (nSPS) is 26.3. The van der Waals surface area contributed by atoms with Crippen LogP contribution in [-0.2, 0) is 0 Å². The van der Waals surface area contributed by atoms with E-state index >= 15 is 0 Å². The lowest BCUT2D eigenvalue weighted by molar-refractivity contribution is 0.336. The summed E-state index contributed by atoms with van der Waals surface area (Å²) in [5.74, 6) is 0.749. The lowest BCUT2D eigenvalue weighted by Gasteiger charge is -2.45. The summed E-state index contributed by atoms with van der Waals surface area (Å²) in [7, 11) is 0. The zero-order chi connectivity index (χ0) is 12.7. The third-order valence-electron chi connectivity index (χ3n) is 4.52. The highest BCUT2D eigenvalue weighted by atomic mass is 19.1. The second-order valence-corrected chi connectivity index (χ2v) is 5.65. The number of hydrogen-bond donors (Lipinski definition) is 1. The first-order chi connectivity index (χ1) is 8.69. The molecule has 3 rings (SSSR count). The fourth-order valence-corrected chi connectivity index (χ4v) is 3.29. The maximum atomic E-state index is 13.6. The van der Waals surface area contributed by atoms with E-state index in [1.54, 1.807) is 6.07 Å². The molecule has 2 aliphatic rings. The second kappa shape index (κ2) is 4.45. The van der Waals surface area contributed by atoms with Crippen LogP contribution < -0.4 is 10.2 Å². The van der Waals surface area contributed by atoms with Gasteiger partial charge in [0.2, 0.25) is 0 Å². The molecule has 1 aromatic carbocycles. The van der Waals surface area contributed by atoms with Crippen LogP contribution in [0.4, 0.5) is 15.8 Å². The number of nitrogens with one attached hydrogen (secondary N) is 1. The van der Waals surface area contributed by atoms with Crippen LogP contribution >= 0.6 is 0 Å². The zero-order valence-corrected chi connectivity index (χ0v) is 11.2. The molecule has 1 aromatic rings. The Balaban J connectivity index is 1.92. The van der Waals surface area contributed by atoms with Crippen molar-refractivity contribution in [1.82, 2.24) is 0 Å². The summed E-state index contributed by atoms with van der Waals surface area (Å²) in [6.07, 6.45) is 3.81. The van der Waals surface area contributed by atoms with Gasteiger partial charge in [0.15, 0.2) is 0 Å². The Morgan fingerprint density at radius 1 is 1.44 bits per heavy atom. The molecule has 0 saturated carbocycles. The molecular weight excluding hydrogens is 227 g/mol. The van der Waals surface area contributed by atoms with Crippen LogP contribution in [0.5, 0.6) is 0 Å². The summed E-state index contributed by atoms with van der Waals surface area (Å²) in [6, 6.07) is 4.23. The Hall–Kier alpha value is -1.25. The van der Waals surface area contributed by atoms with Crippen molar-refractivity contribution < 1.29 is 4.39 Å². The van der Waals surface area contributed by atoms with Crippen LogP contribution in [0, 0.1) is 18.7 Å². The van der Waals surface area contributed by atoms with E-state index in [-0.39, 0.29) is 5.82 Å². The standard InChI is InChI=1S/C15H21FN2/c1-3-11-4-5-18-12(7-11)9-17-14-8-13(16)10(2)6-15(14)18/h6,8,11-12,17H,3-5,7,9H2,1-2H3. The largest absolute Gasteiger partial charge is 0.381 e. The number of anilines is 2. The molecule has 0 amide bonds. The van der Waals surface area contributed by atoms with Gasteiger partial charge in [-0.15, -0.1) is 0 Å². The highest BCUT2D eigenvalue weighted by Gasteiger charge is 2.32. The fourth-order valence-electron chi connectivity index (χ4n) is 3.29. The molecule has 1 fully saturated rings. The summed E-state index contributed by atoms with van der Waals surface area (Å²) in [6.45, 7) is 6.19. The molecule has 0 spiro atoms. The Labute approximate surface area is 108 Å². The smallest absolute Gasteiger partial charge is 0.128 e. The van der Waals surface area contributed by atoms with Crippen LogP contribution in [0.15, 0.2) is 12.1 Å². The molecule has 2 nitrogen and oxygen atoms in total. The molecule has 0 radical (unpaired) electrons. The van der Waals surface area contributed by atoms with Gasteiger partial charge in [0.25, 0.3) is 0 Å². The number of benzene rings is 1. The number of nitrogens with zero attached hydrogens (tertiary/aromatic N) is 1. The van der Waals surface area contributed by atoms with E-state index in [1.165, 1.54) is 24.9 Å². The quantitative estimate of drug-likeness (QED) is 0.817.